The fourth-order valence-corrected chi connectivity index (χ4v) is 1.48. The average molecular weight is 226 g/mol. The number of hydrogen-bond donors (Lipinski definition) is 0. The summed E-state index contributed by atoms with van der Waals surface area (Å²) in [6, 6.07) is 0. The lowest BCUT2D eigenvalue weighted by Crippen LogP contribution is -2.41. The third-order valence-electron chi connectivity index (χ3n) is 3.25. The Morgan fingerprint density at radius 3 is 1.88 bits per heavy atom. The molecule has 0 N–H and O–H groups in total. The number of nitrogens with zero attached hydrogens (tertiary/aromatic N) is 2. The van der Waals surface area contributed by atoms with Crippen LogP contribution in [0.15, 0.2) is 4.52 Å². The molecule has 1 aliphatic heterocycles. The predicted octanol–water partition coefficient (Wildman–Crippen LogP) is 2.53. The summed E-state index contributed by atoms with van der Waals surface area (Å²) in [5, 5.41) is 5.30. The molecule has 1 aromatic rings. The molecule has 1 fully saturated rings. The van der Waals surface area contributed by atoms with Crippen LogP contribution in [0.1, 0.15) is 39.1 Å². The van der Waals surface area contributed by atoms with Crippen LogP contribution in [0, 0.1) is 13.8 Å². The average Bonchev–Trinajstić information content (AvgIpc) is 2.52. The van der Waals surface area contributed by atoms with Crippen molar-refractivity contribution < 1.29 is 14.2 Å². The monoisotopic (exact) mass is 226 g/mol. The van der Waals surface area contributed by atoms with Crippen LogP contribution in [0.3, 0.4) is 0 Å². The second kappa shape index (κ2) is 3.21. The summed E-state index contributed by atoms with van der Waals surface area (Å²) in [5.41, 5.74) is 0.705. The third-order valence-corrected chi connectivity index (χ3v) is 3.25. The van der Waals surface area contributed by atoms with Crippen LogP contribution in [-0.2, 0) is 9.68 Å². The molecule has 0 aliphatic carbocycles. The molecule has 0 unspecified atom stereocenters. The van der Waals surface area contributed by atoms with Gasteiger partial charge in [-0.15, -0.1) is 5.23 Å². The van der Waals surface area contributed by atoms with Crippen molar-refractivity contribution in [1.82, 2.24) is 5.16 Å². The quantitative estimate of drug-likeness (QED) is 0.736. The largest absolute Gasteiger partial charge is 0.359 e. The number of aromatic nitrogens is 1. The van der Waals surface area contributed by atoms with Crippen LogP contribution >= 0.6 is 0 Å². The van der Waals surface area contributed by atoms with E-state index >= 15 is 0 Å². The molecule has 2 heterocycles. The van der Waals surface area contributed by atoms with Crippen molar-refractivity contribution >= 4 is 5.69 Å². The minimum absolute atomic E-state index is 0.400. The smallest absolute Gasteiger partial charge is 0.162 e. The molecule has 1 aliphatic rings. The molecule has 1 saturated heterocycles. The van der Waals surface area contributed by atoms with Crippen LogP contribution in [-0.4, -0.2) is 16.4 Å². The normalized spacial score (nSPS) is 22.8. The SMILES string of the molecule is Cc1noc(C)c1N1OC(C)(C)C(C)(C)O1. The molecule has 2 rings (SSSR count). The van der Waals surface area contributed by atoms with E-state index in [1.165, 1.54) is 5.23 Å². The first-order valence-corrected chi connectivity index (χ1v) is 5.36. The van der Waals surface area contributed by atoms with Gasteiger partial charge in [-0.25, -0.2) is 9.68 Å². The summed E-state index contributed by atoms with van der Waals surface area (Å²) in [4.78, 5) is 11.6. The van der Waals surface area contributed by atoms with Crippen LogP contribution in [0.5, 0.6) is 0 Å². The predicted molar refractivity (Wildman–Crippen MR) is 58.8 cm³/mol. The topological polar surface area (TPSA) is 47.7 Å². The minimum atomic E-state index is -0.400. The molecule has 0 saturated carbocycles. The van der Waals surface area contributed by atoms with Crippen molar-refractivity contribution in [2.75, 3.05) is 5.23 Å². The Kier molecular flexibility index (Phi) is 2.29. The standard InChI is InChI=1S/C11H18N2O3/c1-7-9(8(2)14-12-7)13-15-10(3,4)11(5,6)16-13/h1-6H3. The van der Waals surface area contributed by atoms with Gasteiger partial charge >= 0.3 is 0 Å². The van der Waals surface area contributed by atoms with E-state index in [0.29, 0.717) is 5.76 Å². The number of aryl methyl sites for hydroxylation is 2. The highest BCUT2D eigenvalue weighted by Gasteiger charge is 2.51. The minimum Gasteiger partial charge on any atom is -0.359 e. The first kappa shape index (κ1) is 11.4. The Bertz CT molecular complexity index is 374. The lowest BCUT2D eigenvalue weighted by atomic mass is 9.90. The van der Waals surface area contributed by atoms with Crippen LogP contribution in [0.2, 0.25) is 0 Å². The Labute approximate surface area is 95.2 Å². The zero-order chi connectivity index (χ0) is 12.1. The van der Waals surface area contributed by atoms with Crippen LogP contribution in [0.25, 0.3) is 0 Å². The van der Waals surface area contributed by atoms with Crippen molar-refractivity contribution in [2.45, 2.75) is 52.7 Å². The van der Waals surface area contributed by atoms with Crippen molar-refractivity contribution in [3.63, 3.8) is 0 Å². The van der Waals surface area contributed by atoms with E-state index in [2.05, 4.69) is 5.16 Å². The fourth-order valence-electron chi connectivity index (χ4n) is 1.48. The molecule has 0 atom stereocenters. The van der Waals surface area contributed by atoms with Gasteiger partial charge in [0.05, 0.1) is 0 Å². The number of anilines is 1. The first-order valence-electron chi connectivity index (χ1n) is 5.36. The Morgan fingerprint density at radius 1 is 1.00 bits per heavy atom. The first-order chi connectivity index (χ1) is 7.24. The summed E-state index contributed by atoms with van der Waals surface area (Å²) in [6.07, 6.45) is 0. The van der Waals surface area contributed by atoms with E-state index in [1.807, 2.05) is 41.5 Å². The highest BCUT2D eigenvalue weighted by molar-refractivity contribution is 5.49. The van der Waals surface area contributed by atoms with Gasteiger partial charge in [-0.3, -0.25) is 0 Å². The summed E-state index contributed by atoms with van der Waals surface area (Å²) < 4.78 is 5.09. The van der Waals surface area contributed by atoms with Gasteiger partial charge in [0, 0.05) is 0 Å². The molecule has 0 amide bonds. The van der Waals surface area contributed by atoms with E-state index in [1.54, 1.807) is 0 Å². The highest BCUT2D eigenvalue weighted by atomic mass is 17.0. The molecular weight excluding hydrogens is 208 g/mol. The Hall–Kier alpha value is -1.07. The second-order valence-corrected chi connectivity index (χ2v) is 5.13. The van der Waals surface area contributed by atoms with Crippen LogP contribution < -0.4 is 5.23 Å². The fraction of sp³-hybridized carbons (Fsp3) is 0.727. The maximum absolute atomic E-state index is 5.78. The van der Waals surface area contributed by atoms with Gasteiger partial charge in [0.1, 0.15) is 16.9 Å². The van der Waals surface area contributed by atoms with Gasteiger partial charge < -0.3 is 4.52 Å². The lowest BCUT2D eigenvalue weighted by molar-refractivity contribution is -0.0280. The molecule has 5 nitrogen and oxygen atoms in total. The molecule has 16 heavy (non-hydrogen) atoms. The molecular formula is C11H18N2O3. The van der Waals surface area contributed by atoms with E-state index in [-0.39, 0.29) is 0 Å². The van der Waals surface area contributed by atoms with Gasteiger partial charge in [0.2, 0.25) is 0 Å². The van der Waals surface area contributed by atoms with E-state index in [4.69, 9.17) is 14.2 Å². The zero-order valence-electron chi connectivity index (χ0n) is 10.6. The maximum atomic E-state index is 5.78. The molecule has 0 spiro atoms. The molecule has 1 aromatic heterocycles. The maximum Gasteiger partial charge on any atom is 0.162 e. The lowest BCUT2D eigenvalue weighted by Gasteiger charge is -2.26. The third kappa shape index (κ3) is 1.51. The molecule has 0 radical (unpaired) electrons. The number of hydrogen-bond acceptors (Lipinski definition) is 5. The summed E-state index contributed by atoms with van der Waals surface area (Å²) in [6.45, 7) is 11.7. The summed E-state index contributed by atoms with van der Waals surface area (Å²) in [5.74, 6) is 0.686. The van der Waals surface area contributed by atoms with Gasteiger partial charge in [-0.1, -0.05) is 5.16 Å². The van der Waals surface area contributed by atoms with E-state index < -0.39 is 11.2 Å². The molecule has 0 aromatic carbocycles. The molecule has 5 heteroatoms. The highest BCUT2D eigenvalue weighted by Crippen LogP contribution is 2.41. The van der Waals surface area contributed by atoms with E-state index in [0.717, 1.165) is 11.4 Å². The number of rotatable bonds is 1. The van der Waals surface area contributed by atoms with Gasteiger partial charge in [-0.05, 0) is 41.5 Å². The molecule has 0 bridgehead atoms. The van der Waals surface area contributed by atoms with Crippen molar-refractivity contribution in [3.05, 3.63) is 11.5 Å². The Morgan fingerprint density at radius 2 is 1.50 bits per heavy atom. The van der Waals surface area contributed by atoms with Crippen molar-refractivity contribution in [1.29, 1.82) is 0 Å². The van der Waals surface area contributed by atoms with Gasteiger partial charge in [0.15, 0.2) is 11.4 Å². The van der Waals surface area contributed by atoms with Crippen molar-refractivity contribution in [3.8, 4) is 0 Å². The zero-order valence-corrected chi connectivity index (χ0v) is 10.6. The summed E-state index contributed by atoms with van der Waals surface area (Å²) in [7, 11) is 0. The Balaban J connectivity index is 2.34. The van der Waals surface area contributed by atoms with Gasteiger partial charge in [0.25, 0.3) is 0 Å². The summed E-state index contributed by atoms with van der Waals surface area (Å²) >= 11 is 0. The molecule has 90 valence electrons. The van der Waals surface area contributed by atoms with E-state index in [9.17, 15) is 0 Å². The van der Waals surface area contributed by atoms with Crippen LogP contribution in [0.4, 0.5) is 5.69 Å². The van der Waals surface area contributed by atoms with Crippen molar-refractivity contribution in [2.24, 2.45) is 0 Å². The second-order valence-electron chi connectivity index (χ2n) is 5.13. The van der Waals surface area contributed by atoms with Gasteiger partial charge in [-0.2, -0.15) is 0 Å².